The van der Waals surface area contributed by atoms with Gasteiger partial charge in [-0.15, -0.1) is 0 Å². The lowest BCUT2D eigenvalue weighted by atomic mass is 10.1. The SMILES string of the molecule is C[C@H](CN)c1nc(F)c(F)cc1F. The van der Waals surface area contributed by atoms with Crippen molar-refractivity contribution in [3.63, 3.8) is 0 Å². The largest absolute Gasteiger partial charge is 0.330 e. The van der Waals surface area contributed by atoms with Crippen LogP contribution in [-0.4, -0.2) is 11.5 Å². The number of nitrogens with zero attached hydrogens (tertiary/aromatic N) is 1. The summed E-state index contributed by atoms with van der Waals surface area (Å²) in [6, 6.07) is 0.476. The molecular formula is C8H9F3N2. The molecule has 13 heavy (non-hydrogen) atoms. The Bertz CT molecular complexity index is 315. The van der Waals surface area contributed by atoms with Crippen LogP contribution in [0.3, 0.4) is 0 Å². The molecule has 0 saturated carbocycles. The van der Waals surface area contributed by atoms with E-state index in [0.717, 1.165) is 0 Å². The molecule has 1 aromatic rings. The maximum Gasteiger partial charge on any atom is 0.249 e. The summed E-state index contributed by atoms with van der Waals surface area (Å²) in [6.45, 7) is 1.72. The highest BCUT2D eigenvalue weighted by molar-refractivity contribution is 5.13. The van der Waals surface area contributed by atoms with Gasteiger partial charge in [0.05, 0.1) is 5.69 Å². The average molecular weight is 190 g/mol. The summed E-state index contributed by atoms with van der Waals surface area (Å²) >= 11 is 0. The zero-order valence-electron chi connectivity index (χ0n) is 7.02. The van der Waals surface area contributed by atoms with Crippen LogP contribution >= 0.6 is 0 Å². The smallest absolute Gasteiger partial charge is 0.249 e. The fraction of sp³-hybridized carbons (Fsp3) is 0.375. The lowest BCUT2D eigenvalue weighted by Crippen LogP contribution is -2.13. The predicted octanol–water partition coefficient (Wildman–Crippen LogP) is 1.56. The molecular weight excluding hydrogens is 181 g/mol. The van der Waals surface area contributed by atoms with Crippen LogP contribution in [0.25, 0.3) is 0 Å². The van der Waals surface area contributed by atoms with Gasteiger partial charge in [-0.05, 0) is 0 Å². The van der Waals surface area contributed by atoms with E-state index in [0.29, 0.717) is 6.07 Å². The normalized spacial score (nSPS) is 13.0. The first-order chi connectivity index (χ1) is 6.06. The number of aromatic nitrogens is 1. The van der Waals surface area contributed by atoms with Gasteiger partial charge in [0.2, 0.25) is 5.95 Å². The third-order valence-corrected chi connectivity index (χ3v) is 1.73. The maximum atomic E-state index is 12.9. The topological polar surface area (TPSA) is 38.9 Å². The molecule has 0 spiro atoms. The molecule has 1 rings (SSSR count). The number of nitrogens with two attached hydrogens (primary N) is 1. The average Bonchev–Trinajstić information content (AvgIpc) is 2.10. The van der Waals surface area contributed by atoms with Crippen LogP contribution < -0.4 is 5.73 Å². The van der Waals surface area contributed by atoms with Gasteiger partial charge in [-0.1, -0.05) is 6.92 Å². The molecule has 0 amide bonds. The summed E-state index contributed by atoms with van der Waals surface area (Å²) in [5, 5.41) is 0. The van der Waals surface area contributed by atoms with Gasteiger partial charge in [0.15, 0.2) is 5.82 Å². The second-order valence-electron chi connectivity index (χ2n) is 2.76. The predicted molar refractivity (Wildman–Crippen MR) is 41.6 cm³/mol. The Labute approximate surface area is 73.6 Å². The lowest BCUT2D eigenvalue weighted by molar-refractivity contribution is 0.450. The van der Waals surface area contributed by atoms with Crippen LogP contribution in [0.1, 0.15) is 18.5 Å². The van der Waals surface area contributed by atoms with Crippen molar-refractivity contribution in [1.29, 1.82) is 0 Å². The van der Waals surface area contributed by atoms with Crippen LogP contribution in [0.2, 0.25) is 0 Å². The van der Waals surface area contributed by atoms with Gasteiger partial charge in [-0.2, -0.15) is 4.39 Å². The summed E-state index contributed by atoms with van der Waals surface area (Å²) in [7, 11) is 0. The van der Waals surface area contributed by atoms with Crippen LogP contribution in [0.4, 0.5) is 13.2 Å². The zero-order valence-corrected chi connectivity index (χ0v) is 7.02. The molecule has 1 atom stereocenters. The highest BCUT2D eigenvalue weighted by Crippen LogP contribution is 2.17. The van der Waals surface area contributed by atoms with E-state index in [1.165, 1.54) is 0 Å². The van der Waals surface area contributed by atoms with Crippen molar-refractivity contribution in [3.8, 4) is 0 Å². The van der Waals surface area contributed by atoms with Crippen molar-refractivity contribution in [3.05, 3.63) is 29.3 Å². The van der Waals surface area contributed by atoms with Crippen LogP contribution in [0.5, 0.6) is 0 Å². The molecule has 0 radical (unpaired) electrons. The Kier molecular flexibility index (Phi) is 2.87. The zero-order chi connectivity index (χ0) is 10.0. The number of hydrogen-bond acceptors (Lipinski definition) is 2. The molecule has 0 saturated heterocycles. The first-order valence-corrected chi connectivity index (χ1v) is 3.77. The van der Waals surface area contributed by atoms with E-state index in [-0.39, 0.29) is 12.2 Å². The maximum absolute atomic E-state index is 12.9. The molecule has 1 heterocycles. The minimum Gasteiger partial charge on any atom is -0.330 e. The number of rotatable bonds is 2. The van der Waals surface area contributed by atoms with Gasteiger partial charge in [-0.3, -0.25) is 0 Å². The summed E-state index contributed by atoms with van der Waals surface area (Å²) in [5.41, 5.74) is 5.10. The number of halogens is 3. The van der Waals surface area contributed by atoms with Crippen LogP contribution in [0.15, 0.2) is 6.07 Å². The van der Waals surface area contributed by atoms with Crippen molar-refractivity contribution in [1.82, 2.24) is 4.98 Å². The van der Waals surface area contributed by atoms with Gasteiger partial charge in [-0.25, -0.2) is 13.8 Å². The molecule has 0 unspecified atom stereocenters. The fourth-order valence-electron chi connectivity index (χ4n) is 0.915. The molecule has 2 nitrogen and oxygen atoms in total. The Balaban J connectivity index is 3.15. The van der Waals surface area contributed by atoms with Crippen LogP contribution in [-0.2, 0) is 0 Å². The summed E-state index contributed by atoms with van der Waals surface area (Å²) in [5.74, 6) is -3.87. The van der Waals surface area contributed by atoms with E-state index in [1.807, 2.05) is 0 Å². The third-order valence-electron chi connectivity index (χ3n) is 1.73. The van der Waals surface area contributed by atoms with Crippen LogP contribution in [0, 0.1) is 17.6 Å². The Morgan fingerprint density at radius 3 is 2.54 bits per heavy atom. The quantitative estimate of drug-likeness (QED) is 0.719. The molecule has 2 N–H and O–H groups in total. The minimum absolute atomic E-state index is 0.134. The number of hydrogen-bond donors (Lipinski definition) is 1. The molecule has 0 aliphatic rings. The van der Waals surface area contributed by atoms with Crippen molar-refractivity contribution in [2.24, 2.45) is 5.73 Å². The molecule has 0 aliphatic heterocycles. The minimum atomic E-state index is -1.29. The Hall–Kier alpha value is -1.10. The molecule has 0 fully saturated rings. The van der Waals surface area contributed by atoms with E-state index >= 15 is 0 Å². The van der Waals surface area contributed by atoms with E-state index in [4.69, 9.17) is 5.73 Å². The first kappa shape index (κ1) is 9.98. The summed E-state index contributed by atoms with van der Waals surface area (Å²) in [6.07, 6.45) is 0. The van der Waals surface area contributed by atoms with E-state index in [9.17, 15) is 13.2 Å². The fourth-order valence-corrected chi connectivity index (χ4v) is 0.915. The molecule has 0 bridgehead atoms. The lowest BCUT2D eigenvalue weighted by Gasteiger charge is -2.08. The van der Waals surface area contributed by atoms with Gasteiger partial charge in [0.1, 0.15) is 5.82 Å². The van der Waals surface area contributed by atoms with E-state index in [1.54, 1.807) is 6.92 Å². The van der Waals surface area contributed by atoms with Crippen molar-refractivity contribution in [2.75, 3.05) is 6.54 Å². The third kappa shape index (κ3) is 1.98. The Morgan fingerprint density at radius 1 is 1.38 bits per heavy atom. The van der Waals surface area contributed by atoms with Gasteiger partial charge < -0.3 is 5.73 Å². The van der Waals surface area contributed by atoms with Gasteiger partial charge in [0.25, 0.3) is 0 Å². The summed E-state index contributed by atoms with van der Waals surface area (Å²) < 4.78 is 37.9. The first-order valence-electron chi connectivity index (χ1n) is 3.77. The van der Waals surface area contributed by atoms with Crippen molar-refractivity contribution in [2.45, 2.75) is 12.8 Å². The molecule has 72 valence electrons. The molecule has 1 aromatic heterocycles. The summed E-state index contributed by atoms with van der Waals surface area (Å²) in [4.78, 5) is 3.15. The standard InChI is InChI=1S/C8H9F3N2/c1-4(3-12)7-5(9)2-6(10)8(11)13-7/h2,4H,3,12H2,1H3/t4-/m1/s1. The van der Waals surface area contributed by atoms with Crippen molar-refractivity contribution < 1.29 is 13.2 Å². The molecule has 5 heteroatoms. The number of pyridine rings is 1. The van der Waals surface area contributed by atoms with Crippen molar-refractivity contribution >= 4 is 0 Å². The highest BCUT2D eigenvalue weighted by Gasteiger charge is 2.15. The van der Waals surface area contributed by atoms with Gasteiger partial charge in [0, 0.05) is 18.5 Å². The van der Waals surface area contributed by atoms with E-state index < -0.39 is 23.5 Å². The highest BCUT2D eigenvalue weighted by atomic mass is 19.2. The molecule has 0 aromatic carbocycles. The van der Waals surface area contributed by atoms with Gasteiger partial charge >= 0.3 is 0 Å². The molecule has 0 aliphatic carbocycles. The monoisotopic (exact) mass is 190 g/mol. The Morgan fingerprint density at radius 2 is 2.00 bits per heavy atom. The van der Waals surface area contributed by atoms with E-state index in [2.05, 4.69) is 4.98 Å². The second-order valence-corrected chi connectivity index (χ2v) is 2.76. The second kappa shape index (κ2) is 3.74.